The molecular formula is C11H16O5S. The van der Waals surface area contributed by atoms with Crippen molar-refractivity contribution in [2.75, 3.05) is 0 Å². The van der Waals surface area contributed by atoms with Gasteiger partial charge in [0.25, 0.3) is 10.1 Å². The van der Waals surface area contributed by atoms with Crippen molar-refractivity contribution in [2.24, 2.45) is 11.8 Å². The number of aliphatic hydroxyl groups excluding tert-OH is 1. The molecule has 2 aliphatic carbocycles. The van der Waals surface area contributed by atoms with Crippen molar-refractivity contribution in [3.05, 3.63) is 12.2 Å². The van der Waals surface area contributed by atoms with Crippen molar-refractivity contribution < 1.29 is 22.4 Å². The lowest BCUT2D eigenvalue weighted by Crippen LogP contribution is -2.38. The van der Waals surface area contributed by atoms with Crippen molar-refractivity contribution in [3.63, 3.8) is 0 Å². The van der Waals surface area contributed by atoms with E-state index in [0.717, 1.165) is 6.42 Å². The zero-order valence-corrected chi connectivity index (χ0v) is 10.4. The molecular weight excluding hydrogens is 244 g/mol. The molecule has 3 fully saturated rings. The second-order valence-corrected chi connectivity index (χ2v) is 7.07. The first kappa shape index (κ1) is 11.6. The van der Waals surface area contributed by atoms with Crippen LogP contribution in [-0.2, 0) is 19.0 Å². The number of ether oxygens (including phenoxy) is 1. The van der Waals surface area contributed by atoms with Gasteiger partial charge >= 0.3 is 0 Å². The SMILES string of the molecule is C=C(C)C(O)OC1C2CC3C1OS(=O)(=O)C3C2. The van der Waals surface area contributed by atoms with Crippen LogP contribution in [0.3, 0.4) is 0 Å². The van der Waals surface area contributed by atoms with E-state index in [0.29, 0.717) is 12.0 Å². The van der Waals surface area contributed by atoms with E-state index in [1.165, 1.54) is 0 Å². The minimum absolute atomic E-state index is 0.0484. The molecule has 1 heterocycles. The van der Waals surface area contributed by atoms with Gasteiger partial charge in [-0.3, -0.25) is 4.18 Å². The third-order valence-electron chi connectivity index (χ3n) is 4.12. The van der Waals surface area contributed by atoms with Crippen molar-refractivity contribution in [1.29, 1.82) is 0 Å². The Morgan fingerprint density at radius 2 is 2.24 bits per heavy atom. The van der Waals surface area contributed by atoms with Gasteiger partial charge < -0.3 is 9.84 Å². The molecule has 0 amide bonds. The Balaban J connectivity index is 1.81. The smallest absolute Gasteiger partial charge is 0.270 e. The topological polar surface area (TPSA) is 72.8 Å². The van der Waals surface area contributed by atoms with Gasteiger partial charge in [0, 0.05) is 5.92 Å². The summed E-state index contributed by atoms with van der Waals surface area (Å²) in [4.78, 5) is 0. The average Bonchev–Trinajstić information content (AvgIpc) is 2.81. The van der Waals surface area contributed by atoms with E-state index in [-0.39, 0.29) is 23.2 Å². The van der Waals surface area contributed by atoms with Crippen LogP contribution >= 0.6 is 0 Å². The molecule has 6 unspecified atom stereocenters. The van der Waals surface area contributed by atoms with Crippen molar-refractivity contribution in [3.8, 4) is 0 Å². The third-order valence-corrected chi connectivity index (χ3v) is 5.90. The van der Waals surface area contributed by atoms with E-state index in [2.05, 4.69) is 6.58 Å². The van der Waals surface area contributed by atoms with Crippen LogP contribution in [0.4, 0.5) is 0 Å². The second kappa shape index (κ2) is 3.54. The van der Waals surface area contributed by atoms with Gasteiger partial charge in [-0.1, -0.05) is 6.58 Å². The number of hydrogen-bond acceptors (Lipinski definition) is 5. The zero-order valence-electron chi connectivity index (χ0n) is 9.57. The molecule has 3 rings (SSSR count). The van der Waals surface area contributed by atoms with Gasteiger partial charge in [0.2, 0.25) is 0 Å². The quantitative estimate of drug-likeness (QED) is 0.452. The van der Waals surface area contributed by atoms with Gasteiger partial charge in [-0.2, -0.15) is 8.42 Å². The minimum atomic E-state index is -3.40. The molecule has 17 heavy (non-hydrogen) atoms. The van der Waals surface area contributed by atoms with Crippen LogP contribution in [0.2, 0.25) is 0 Å². The number of fused-ring (bicyclic) bond motifs is 1. The first-order chi connectivity index (χ1) is 7.90. The van der Waals surface area contributed by atoms with Crippen LogP contribution in [0.25, 0.3) is 0 Å². The van der Waals surface area contributed by atoms with Gasteiger partial charge in [-0.25, -0.2) is 0 Å². The predicted molar refractivity (Wildman–Crippen MR) is 59.5 cm³/mol. The zero-order chi connectivity index (χ0) is 12.4. The largest absolute Gasteiger partial charge is 0.364 e. The molecule has 96 valence electrons. The fourth-order valence-corrected chi connectivity index (χ4v) is 5.22. The summed E-state index contributed by atoms with van der Waals surface area (Å²) in [5.41, 5.74) is 0.519. The molecule has 6 heteroatoms. The number of rotatable bonds is 3. The Kier molecular flexibility index (Phi) is 2.42. The molecule has 5 nitrogen and oxygen atoms in total. The van der Waals surface area contributed by atoms with Crippen LogP contribution in [0.15, 0.2) is 12.2 Å². The summed E-state index contributed by atoms with van der Waals surface area (Å²) in [6.45, 7) is 5.29. The van der Waals surface area contributed by atoms with E-state index in [1.54, 1.807) is 6.92 Å². The van der Waals surface area contributed by atoms with Gasteiger partial charge in [0.1, 0.15) is 6.10 Å². The van der Waals surface area contributed by atoms with Crippen LogP contribution in [0.5, 0.6) is 0 Å². The molecule has 0 aromatic heterocycles. The summed E-state index contributed by atoms with van der Waals surface area (Å²) in [6.07, 6.45) is -0.346. The molecule has 1 saturated heterocycles. The summed E-state index contributed by atoms with van der Waals surface area (Å²) >= 11 is 0. The molecule has 1 N–H and O–H groups in total. The van der Waals surface area contributed by atoms with Crippen LogP contribution in [-0.4, -0.2) is 37.3 Å². The molecule has 2 bridgehead atoms. The normalized spacial score (nSPS) is 47.3. The first-order valence-electron chi connectivity index (χ1n) is 5.81. The molecule has 0 radical (unpaired) electrons. The van der Waals surface area contributed by atoms with Crippen LogP contribution < -0.4 is 0 Å². The lowest BCUT2D eigenvalue weighted by molar-refractivity contribution is -0.148. The van der Waals surface area contributed by atoms with E-state index in [9.17, 15) is 13.5 Å². The fourth-order valence-electron chi connectivity index (χ4n) is 3.33. The van der Waals surface area contributed by atoms with Crippen molar-refractivity contribution in [1.82, 2.24) is 0 Å². The number of hydrogen-bond donors (Lipinski definition) is 1. The Morgan fingerprint density at radius 3 is 2.88 bits per heavy atom. The minimum Gasteiger partial charge on any atom is -0.364 e. The lowest BCUT2D eigenvalue weighted by Gasteiger charge is -2.27. The van der Waals surface area contributed by atoms with Gasteiger partial charge in [-0.05, 0) is 31.3 Å². The molecule has 6 atom stereocenters. The van der Waals surface area contributed by atoms with E-state index in [1.807, 2.05) is 0 Å². The highest BCUT2D eigenvalue weighted by molar-refractivity contribution is 7.87. The molecule has 2 saturated carbocycles. The van der Waals surface area contributed by atoms with Crippen molar-refractivity contribution >= 4 is 10.1 Å². The molecule has 0 aromatic rings. The maximum Gasteiger partial charge on any atom is 0.270 e. The molecule has 1 aliphatic heterocycles. The average molecular weight is 260 g/mol. The Morgan fingerprint density at radius 1 is 1.53 bits per heavy atom. The second-order valence-electron chi connectivity index (χ2n) is 5.29. The highest BCUT2D eigenvalue weighted by atomic mass is 32.2. The maximum atomic E-state index is 11.7. The standard InChI is InChI=1S/C11H16O5S/c1-5(2)11(12)15-9-6-3-7-8(4-6)17(13,14)16-10(7)9/h6-12H,1,3-4H2,2H3. The fraction of sp³-hybridized carbons (Fsp3) is 0.818. The Bertz CT molecular complexity index is 456. The highest BCUT2D eigenvalue weighted by Crippen LogP contribution is 2.55. The maximum absolute atomic E-state index is 11.7. The van der Waals surface area contributed by atoms with Gasteiger partial charge in [0.05, 0.1) is 11.4 Å². The molecule has 3 aliphatic rings. The van der Waals surface area contributed by atoms with E-state index < -0.39 is 22.5 Å². The van der Waals surface area contributed by atoms with Crippen LogP contribution in [0.1, 0.15) is 19.8 Å². The summed E-state index contributed by atoms with van der Waals surface area (Å²) in [6, 6.07) is 0. The summed E-state index contributed by atoms with van der Waals surface area (Å²) in [5, 5.41) is 9.30. The number of aliphatic hydroxyl groups is 1. The van der Waals surface area contributed by atoms with Crippen molar-refractivity contribution in [2.45, 2.75) is 43.5 Å². The summed E-state index contributed by atoms with van der Waals surface area (Å²) < 4.78 is 34.0. The predicted octanol–water partition coefficient (Wildman–Crippen LogP) is 0.403. The Labute approximate surface area is 101 Å². The Hall–Kier alpha value is -0.430. The molecule has 0 spiro atoms. The lowest BCUT2D eigenvalue weighted by atomic mass is 9.94. The summed E-state index contributed by atoms with van der Waals surface area (Å²) in [5.74, 6) is 0.230. The van der Waals surface area contributed by atoms with Gasteiger partial charge in [0.15, 0.2) is 6.29 Å². The highest BCUT2D eigenvalue weighted by Gasteiger charge is 2.64. The van der Waals surface area contributed by atoms with E-state index >= 15 is 0 Å². The summed E-state index contributed by atoms with van der Waals surface area (Å²) in [7, 11) is -3.40. The monoisotopic (exact) mass is 260 g/mol. The third kappa shape index (κ3) is 1.58. The van der Waals surface area contributed by atoms with E-state index in [4.69, 9.17) is 8.92 Å². The molecule has 0 aromatic carbocycles. The van der Waals surface area contributed by atoms with Crippen LogP contribution in [0, 0.1) is 11.8 Å². The van der Waals surface area contributed by atoms with Gasteiger partial charge in [-0.15, -0.1) is 0 Å². The first-order valence-corrected chi connectivity index (χ1v) is 7.28.